The minimum absolute atomic E-state index is 0.328. The number of aliphatic imine (C=N–C) groups is 2. The van der Waals surface area contributed by atoms with Crippen LogP contribution in [0.25, 0.3) is 5.82 Å². The molecule has 2 aliphatic heterocycles. The first-order valence-corrected chi connectivity index (χ1v) is 14.4. The highest BCUT2D eigenvalue weighted by Crippen LogP contribution is 2.49. The predicted molar refractivity (Wildman–Crippen MR) is 172 cm³/mol. The van der Waals surface area contributed by atoms with Gasteiger partial charge >= 0.3 is 0 Å². The summed E-state index contributed by atoms with van der Waals surface area (Å²) in [5.74, 6) is 4.58. The average Bonchev–Trinajstić information content (AvgIpc) is 3.40. The summed E-state index contributed by atoms with van der Waals surface area (Å²) < 4.78 is 19.1. The minimum atomic E-state index is -0.328. The van der Waals surface area contributed by atoms with Crippen molar-refractivity contribution in [3.63, 3.8) is 0 Å². The SMILES string of the molecule is CCOc1ccccc1NC1=Nc2ccccc2N2C1=Nc1c(c(C)nn1-c1ccccn1)C2c1ccc(OC)c(OC)c1. The third-order valence-electron chi connectivity index (χ3n) is 7.67. The van der Waals surface area contributed by atoms with E-state index in [4.69, 9.17) is 29.3 Å². The molecule has 0 radical (unpaired) electrons. The Hall–Kier alpha value is -5.64. The quantitative estimate of drug-likeness (QED) is 0.225. The fourth-order valence-electron chi connectivity index (χ4n) is 5.75. The van der Waals surface area contributed by atoms with Crippen LogP contribution in [-0.4, -0.2) is 47.3 Å². The normalized spacial score (nSPS) is 14.9. The molecule has 0 bridgehead atoms. The van der Waals surface area contributed by atoms with Crippen molar-refractivity contribution in [2.75, 3.05) is 31.0 Å². The molecule has 0 fully saturated rings. The Labute approximate surface area is 255 Å². The van der Waals surface area contributed by atoms with Gasteiger partial charge in [-0.2, -0.15) is 9.78 Å². The molecule has 3 aromatic carbocycles. The van der Waals surface area contributed by atoms with Crippen LogP contribution >= 0.6 is 0 Å². The van der Waals surface area contributed by atoms with Crippen LogP contribution in [0.2, 0.25) is 0 Å². The second-order valence-electron chi connectivity index (χ2n) is 10.2. The zero-order valence-electron chi connectivity index (χ0n) is 24.9. The van der Waals surface area contributed by atoms with Crippen molar-refractivity contribution in [3.8, 4) is 23.1 Å². The standard InChI is InChI=1S/C34H31N7O3/c1-5-44-26-15-9-7-13-24(26)37-32-34-38-33-30(21(2)39-41(33)29-16-10-11-19-35-29)31(22-17-18-27(42-3)28(20-22)43-4)40(34)25-14-8-6-12-23(25)36-32/h6-20,31H,5H2,1-4H3,(H,36,37). The van der Waals surface area contributed by atoms with E-state index in [9.17, 15) is 0 Å². The summed E-state index contributed by atoms with van der Waals surface area (Å²) >= 11 is 0. The average molecular weight is 586 g/mol. The monoisotopic (exact) mass is 585 g/mol. The number of benzene rings is 3. The molecule has 10 nitrogen and oxygen atoms in total. The first-order valence-electron chi connectivity index (χ1n) is 14.4. The lowest BCUT2D eigenvalue weighted by Gasteiger charge is -2.40. The second kappa shape index (κ2) is 11.2. The number of hydrogen-bond acceptors (Lipinski definition) is 9. The van der Waals surface area contributed by atoms with Crippen molar-refractivity contribution in [1.82, 2.24) is 14.8 Å². The van der Waals surface area contributed by atoms with Gasteiger partial charge < -0.3 is 24.4 Å². The lowest BCUT2D eigenvalue weighted by Crippen LogP contribution is -2.46. The number of para-hydroxylation sites is 4. The maximum absolute atomic E-state index is 5.94. The minimum Gasteiger partial charge on any atom is -0.493 e. The van der Waals surface area contributed by atoms with Gasteiger partial charge in [0.25, 0.3) is 0 Å². The largest absolute Gasteiger partial charge is 0.493 e. The first kappa shape index (κ1) is 27.2. The number of pyridine rings is 1. The van der Waals surface area contributed by atoms with E-state index in [-0.39, 0.29) is 6.04 Å². The fraction of sp³-hybridized carbons (Fsp3) is 0.176. The number of amidine groups is 2. The van der Waals surface area contributed by atoms with E-state index in [0.717, 1.165) is 39.6 Å². The highest BCUT2D eigenvalue weighted by molar-refractivity contribution is 6.51. The van der Waals surface area contributed by atoms with Crippen molar-refractivity contribution in [1.29, 1.82) is 0 Å². The number of nitrogens with zero attached hydrogens (tertiary/aromatic N) is 6. The summed E-state index contributed by atoms with van der Waals surface area (Å²) in [6.07, 6.45) is 1.75. The summed E-state index contributed by atoms with van der Waals surface area (Å²) in [7, 11) is 3.28. The number of ether oxygens (including phenoxy) is 3. The Bertz CT molecular complexity index is 1920. The van der Waals surface area contributed by atoms with Crippen LogP contribution in [0.4, 0.5) is 22.9 Å². The fourth-order valence-corrected chi connectivity index (χ4v) is 5.75. The molecule has 44 heavy (non-hydrogen) atoms. The zero-order valence-corrected chi connectivity index (χ0v) is 24.9. The van der Waals surface area contributed by atoms with E-state index < -0.39 is 0 Å². The molecule has 4 heterocycles. The predicted octanol–water partition coefficient (Wildman–Crippen LogP) is 6.79. The molecular weight excluding hydrogens is 554 g/mol. The van der Waals surface area contributed by atoms with E-state index in [1.807, 2.05) is 86.6 Å². The topological polar surface area (TPSA) is 98.4 Å². The van der Waals surface area contributed by atoms with Gasteiger partial charge in [0.05, 0.1) is 49.6 Å². The van der Waals surface area contributed by atoms with Crippen LogP contribution in [0, 0.1) is 6.92 Å². The van der Waals surface area contributed by atoms with Gasteiger partial charge in [-0.15, -0.1) is 0 Å². The molecule has 10 heteroatoms. The summed E-state index contributed by atoms with van der Waals surface area (Å²) in [6, 6.07) is 27.3. The Balaban J connectivity index is 1.49. The highest BCUT2D eigenvalue weighted by Gasteiger charge is 2.42. The van der Waals surface area contributed by atoms with Crippen molar-refractivity contribution < 1.29 is 14.2 Å². The highest BCUT2D eigenvalue weighted by atomic mass is 16.5. The molecule has 0 saturated carbocycles. The maximum Gasteiger partial charge on any atom is 0.179 e. The number of hydrogen-bond donors (Lipinski definition) is 1. The van der Waals surface area contributed by atoms with Crippen LogP contribution < -0.4 is 24.4 Å². The molecule has 0 amide bonds. The Morgan fingerprint density at radius 1 is 0.841 bits per heavy atom. The maximum atomic E-state index is 5.94. The van der Waals surface area contributed by atoms with E-state index in [1.165, 1.54) is 0 Å². The van der Waals surface area contributed by atoms with Crippen molar-refractivity contribution in [2.24, 2.45) is 9.98 Å². The van der Waals surface area contributed by atoms with E-state index in [0.29, 0.717) is 41.4 Å². The molecule has 220 valence electrons. The van der Waals surface area contributed by atoms with Gasteiger partial charge in [0.15, 0.2) is 34.8 Å². The number of anilines is 2. The van der Waals surface area contributed by atoms with Gasteiger partial charge in [-0.3, -0.25) is 0 Å². The number of aromatic nitrogens is 3. The number of methoxy groups -OCH3 is 2. The Morgan fingerprint density at radius 3 is 2.43 bits per heavy atom. The van der Waals surface area contributed by atoms with Gasteiger partial charge in [-0.1, -0.05) is 36.4 Å². The molecule has 0 aliphatic carbocycles. The molecular formula is C34H31N7O3. The number of aryl methyl sites for hydroxylation is 1. The van der Waals surface area contributed by atoms with Crippen LogP contribution in [-0.2, 0) is 0 Å². The van der Waals surface area contributed by atoms with Crippen LogP contribution in [0.5, 0.6) is 17.2 Å². The summed E-state index contributed by atoms with van der Waals surface area (Å²) in [4.78, 5) is 17.2. The lowest BCUT2D eigenvalue weighted by atomic mass is 9.93. The molecule has 5 aromatic rings. The van der Waals surface area contributed by atoms with Crippen molar-refractivity contribution in [2.45, 2.75) is 19.9 Å². The van der Waals surface area contributed by atoms with Crippen molar-refractivity contribution in [3.05, 3.63) is 108 Å². The smallest absolute Gasteiger partial charge is 0.179 e. The first-order chi connectivity index (χ1) is 21.6. The molecule has 0 saturated heterocycles. The van der Waals surface area contributed by atoms with Crippen LogP contribution in [0.15, 0.2) is 101 Å². The molecule has 1 N–H and O–H groups in total. The molecule has 1 unspecified atom stereocenters. The molecule has 2 aliphatic rings. The van der Waals surface area contributed by atoms with Gasteiger partial charge in [0.1, 0.15) is 5.75 Å². The molecule has 7 rings (SSSR count). The Kier molecular flexibility index (Phi) is 6.94. The molecule has 0 spiro atoms. The van der Waals surface area contributed by atoms with Gasteiger partial charge in [0.2, 0.25) is 0 Å². The molecule has 1 atom stereocenters. The van der Waals surface area contributed by atoms with E-state index in [1.54, 1.807) is 25.1 Å². The van der Waals surface area contributed by atoms with Crippen LogP contribution in [0.3, 0.4) is 0 Å². The van der Waals surface area contributed by atoms with E-state index >= 15 is 0 Å². The van der Waals surface area contributed by atoms with Crippen molar-refractivity contribution >= 4 is 34.6 Å². The number of rotatable bonds is 7. The summed E-state index contributed by atoms with van der Waals surface area (Å²) in [5.41, 5.74) is 5.29. The van der Waals surface area contributed by atoms with Crippen LogP contribution in [0.1, 0.15) is 29.8 Å². The van der Waals surface area contributed by atoms with E-state index in [2.05, 4.69) is 27.3 Å². The Morgan fingerprint density at radius 2 is 1.64 bits per heavy atom. The summed E-state index contributed by atoms with van der Waals surface area (Å²) in [5, 5.41) is 8.51. The summed E-state index contributed by atoms with van der Waals surface area (Å²) in [6.45, 7) is 4.51. The third-order valence-corrected chi connectivity index (χ3v) is 7.67. The second-order valence-corrected chi connectivity index (χ2v) is 10.2. The lowest BCUT2D eigenvalue weighted by molar-refractivity contribution is 0.342. The number of nitrogens with one attached hydrogen (secondary N) is 1. The zero-order chi connectivity index (χ0) is 30.2. The van der Waals surface area contributed by atoms with Gasteiger partial charge in [-0.05, 0) is 67.9 Å². The number of fused-ring (bicyclic) bond motifs is 4. The van der Waals surface area contributed by atoms with Gasteiger partial charge in [-0.25, -0.2) is 15.0 Å². The third kappa shape index (κ3) is 4.51. The molecule has 2 aromatic heterocycles. The van der Waals surface area contributed by atoms with Gasteiger partial charge in [0, 0.05) is 11.8 Å².